The maximum absolute atomic E-state index is 13.8. The van der Waals surface area contributed by atoms with Crippen molar-refractivity contribution in [3.05, 3.63) is 82.9 Å². The predicted molar refractivity (Wildman–Crippen MR) is 97.7 cm³/mol. The van der Waals surface area contributed by atoms with Gasteiger partial charge in [0.2, 0.25) is 0 Å². The topological polar surface area (TPSA) is 54.0 Å². The zero-order valence-electron chi connectivity index (χ0n) is 14.6. The summed E-state index contributed by atoms with van der Waals surface area (Å²) >= 11 is 0. The van der Waals surface area contributed by atoms with E-state index in [0.717, 1.165) is 23.3 Å². The molecule has 1 heterocycles. The van der Waals surface area contributed by atoms with Crippen LogP contribution in [0.1, 0.15) is 21.5 Å². The van der Waals surface area contributed by atoms with E-state index < -0.39 is 23.4 Å². The molecule has 3 rings (SSSR count). The van der Waals surface area contributed by atoms with Gasteiger partial charge in [-0.1, -0.05) is 12.1 Å². The number of hydrogen-bond donors (Lipinski definition) is 2. The number of anilines is 3. The van der Waals surface area contributed by atoms with E-state index in [-0.39, 0.29) is 16.9 Å². The van der Waals surface area contributed by atoms with E-state index in [0.29, 0.717) is 5.69 Å². The highest BCUT2D eigenvalue weighted by Crippen LogP contribution is 2.24. The molecule has 0 bridgehead atoms. The van der Waals surface area contributed by atoms with Crippen LogP contribution in [0.2, 0.25) is 0 Å². The molecule has 138 valence electrons. The van der Waals surface area contributed by atoms with Gasteiger partial charge in [-0.25, -0.2) is 13.2 Å². The first-order valence-electron chi connectivity index (χ1n) is 8.10. The molecule has 27 heavy (non-hydrogen) atoms. The molecular formula is C20H16F3N3O. The lowest BCUT2D eigenvalue weighted by atomic mass is 10.1. The molecule has 0 aliphatic heterocycles. The third-order valence-electron chi connectivity index (χ3n) is 4.17. The standard InChI is InChI=1S/C20H16F3N3O/c1-11-4-3-5-16(12(11)2)26-20(27)13-8-14(10-24-9-13)25-17-7-6-15(21)18(22)19(17)23/h3-10,25H,1-2H3,(H,26,27). The molecule has 0 radical (unpaired) electrons. The first-order valence-corrected chi connectivity index (χ1v) is 8.10. The minimum absolute atomic E-state index is 0.226. The van der Waals surface area contributed by atoms with E-state index in [2.05, 4.69) is 15.6 Å². The lowest BCUT2D eigenvalue weighted by molar-refractivity contribution is 0.102. The van der Waals surface area contributed by atoms with E-state index in [1.807, 2.05) is 26.0 Å². The molecule has 7 heteroatoms. The highest BCUT2D eigenvalue weighted by atomic mass is 19.2. The molecule has 4 nitrogen and oxygen atoms in total. The van der Waals surface area contributed by atoms with Gasteiger partial charge in [-0.05, 0) is 49.2 Å². The molecule has 2 aromatic carbocycles. The van der Waals surface area contributed by atoms with E-state index in [1.54, 1.807) is 6.07 Å². The number of aromatic nitrogens is 1. The first-order chi connectivity index (χ1) is 12.9. The Morgan fingerprint density at radius 3 is 2.52 bits per heavy atom. The molecule has 2 N–H and O–H groups in total. The molecular weight excluding hydrogens is 355 g/mol. The van der Waals surface area contributed by atoms with E-state index in [4.69, 9.17) is 0 Å². The van der Waals surface area contributed by atoms with Gasteiger partial charge in [0.15, 0.2) is 17.5 Å². The summed E-state index contributed by atoms with van der Waals surface area (Å²) in [6.07, 6.45) is 2.70. The molecule has 1 amide bonds. The predicted octanol–water partition coefficient (Wildman–Crippen LogP) is 5.11. The third kappa shape index (κ3) is 3.92. The largest absolute Gasteiger partial charge is 0.352 e. The number of aryl methyl sites for hydroxylation is 1. The Hall–Kier alpha value is -3.35. The first kappa shape index (κ1) is 18.4. The molecule has 0 fully saturated rings. The fourth-order valence-electron chi connectivity index (χ4n) is 2.49. The minimum Gasteiger partial charge on any atom is -0.352 e. The van der Waals surface area contributed by atoms with Crippen molar-refractivity contribution >= 4 is 23.0 Å². The number of nitrogens with zero attached hydrogens (tertiary/aromatic N) is 1. The second kappa shape index (κ2) is 7.49. The van der Waals surface area contributed by atoms with Gasteiger partial charge in [0, 0.05) is 11.9 Å². The summed E-state index contributed by atoms with van der Waals surface area (Å²) in [5, 5.41) is 5.39. The summed E-state index contributed by atoms with van der Waals surface area (Å²) in [7, 11) is 0. The Kier molecular flexibility index (Phi) is 5.12. The van der Waals surface area contributed by atoms with Crippen LogP contribution in [0.15, 0.2) is 48.8 Å². The van der Waals surface area contributed by atoms with Gasteiger partial charge >= 0.3 is 0 Å². The van der Waals surface area contributed by atoms with E-state index in [1.165, 1.54) is 18.5 Å². The lowest BCUT2D eigenvalue weighted by Gasteiger charge is -2.12. The van der Waals surface area contributed by atoms with E-state index >= 15 is 0 Å². The Bertz CT molecular complexity index is 1020. The van der Waals surface area contributed by atoms with Crippen molar-refractivity contribution in [3.8, 4) is 0 Å². The molecule has 1 aromatic heterocycles. The lowest BCUT2D eigenvalue weighted by Crippen LogP contribution is -2.13. The van der Waals surface area contributed by atoms with Crippen molar-refractivity contribution in [2.75, 3.05) is 10.6 Å². The molecule has 0 saturated carbocycles. The van der Waals surface area contributed by atoms with Crippen LogP contribution in [0.5, 0.6) is 0 Å². The summed E-state index contributed by atoms with van der Waals surface area (Å²) in [6, 6.07) is 8.87. The number of halogens is 3. The highest BCUT2D eigenvalue weighted by Gasteiger charge is 2.15. The molecule has 0 saturated heterocycles. The van der Waals surface area contributed by atoms with Crippen LogP contribution in [0.4, 0.5) is 30.2 Å². The maximum atomic E-state index is 13.8. The van der Waals surface area contributed by atoms with Crippen LogP contribution < -0.4 is 10.6 Å². The number of carbonyl (C=O) groups excluding carboxylic acids is 1. The quantitative estimate of drug-likeness (QED) is 0.627. The highest BCUT2D eigenvalue weighted by molar-refractivity contribution is 6.05. The van der Waals surface area contributed by atoms with Crippen LogP contribution in [-0.2, 0) is 0 Å². The average molecular weight is 371 g/mol. The maximum Gasteiger partial charge on any atom is 0.257 e. The van der Waals surface area contributed by atoms with Crippen molar-refractivity contribution in [3.63, 3.8) is 0 Å². The van der Waals surface area contributed by atoms with Gasteiger partial charge in [0.25, 0.3) is 5.91 Å². The summed E-state index contributed by atoms with van der Waals surface area (Å²) in [5.74, 6) is -4.60. The minimum atomic E-state index is -1.57. The Morgan fingerprint density at radius 2 is 1.74 bits per heavy atom. The summed E-state index contributed by atoms with van der Waals surface area (Å²) in [4.78, 5) is 16.4. The summed E-state index contributed by atoms with van der Waals surface area (Å²) < 4.78 is 40.2. The number of amides is 1. The van der Waals surface area contributed by atoms with Gasteiger partial charge in [-0.15, -0.1) is 0 Å². The number of pyridine rings is 1. The second-order valence-electron chi connectivity index (χ2n) is 6.01. The fraction of sp³-hybridized carbons (Fsp3) is 0.100. The van der Waals surface area contributed by atoms with Crippen LogP contribution in [-0.4, -0.2) is 10.9 Å². The van der Waals surface area contributed by atoms with Gasteiger partial charge < -0.3 is 10.6 Å². The second-order valence-corrected chi connectivity index (χ2v) is 6.01. The summed E-state index contributed by atoms with van der Waals surface area (Å²) in [5.41, 5.74) is 2.87. The average Bonchev–Trinajstić information content (AvgIpc) is 2.66. The number of hydrogen-bond acceptors (Lipinski definition) is 3. The SMILES string of the molecule is Cc1cccc(NC(=O)c2cncc(Nc3ccc(F)c(F)c3F)c2)c1C. The van der Waals surface area contributed by atoms with Gasteiger partial charge in [0.1, 0.15) is 0 Å². The number of benzene rings is 2. The van der Waals surface area contributed by atoms with Crippen LogP contribution in [0.25, 0.3) is 0 Å². The Labute approximate surface area is 154 Å². The van der Waals surface area contributed by atoms with Crippen molar-refractivity contribution in [2.24, 2.45) is 0 Å². The molecule has 0 spiro atoms. The summed E-state index contributed by atoms with van der Waals surface area (Å²) in [6.45, 7) is 3.83. The molecule has 3 aromatic rings. The number of rotatable bonds is 4. The Morgan fingerprint density at radius 1 is 0.963 bits per heavy atom. The smallest absolute Gasteiger partial charge is 0.257 e. The molecule has 0 atom stereocenters. The van der Waals surface area contributed by atoms with Gasteiger partial charge in [-0.3, -0.25) is 9.78 Å². The third-order valence-corrected chi connectivity index (χ3v) is 4.17. The molecule has 0 aliphatic rings. The van der Waals surface area contributed by atoms with Crippen molar-refractivity contribution < 1.29 is 18.0 Å². The zero-order chi connectivity index (χ0) is 19.6. The van der Waals surface area contributed by atoms with Crippen LogP contribution >= 0.6 is 0 Å². The van der Waals surface area contributed by atoms with Crippen molar-refractivity contribution in [1.29, 1.82) is 0 Å². The van der Waals surface area contributed by atoms with Crippen LogP contribution in [0.3, 0.4) is 0 Å². The van der Waals surface area contributed by atoms with Crippen LogP contribution in [0, 0.1) is 31.3 Å². The van der Waals surface area contributed by atoms with Crippen molar-refractivity contribution in [2.45, 2.75) is 13.8 Å². The normalized spacial score (nSPS) is 10.6. The Balaban J connectivity index is 1.82. The number of carbonyl (C=O) groups is 1. The molecule has 0 aliphatic carbocycles. The number of nitrogens with one attached hydrogen (secondary N) is 2. The van der Waals surface area contributed by atoms with E-state index in [9.17, 15) is 18.0 Å². The zero-order valence-corrected chi connectivity index (χ0v) is 14.6. The fourth-order valence-corrected chi connectivity index (χ4v) is 2.49. The van der Waals surface area contributed by atoms with Crippen molar-refractivity contribution in [1.82, 2.24) is 4.98 Å². The monoisotopic (exact) mass is 371 g/mol. The molecule has 0 unspecified atom stereocenters. The van der Waals surface area contributed by atoms with Gasteiger partial charge in [-0.2, -0.15) is 0 Å². The van der Waals surface area contributed by atoms with Gasteiger partial charge in [0.05, 0.1) is 23.1 Å².